The minimum absolute atomic E-state index is 0.00333. The van der Waals surface area contributed by atoms with Crippen LogP contribution in [0.4, 0.5) is 14.5 Å². The van der Waals surface area contributed by atoms with Crippen LogP contribution < -0.4 is 10.1 Å². The van der Waals surface area contributed by atoms with Crippen molar-refractivity contribution in [2.24, 2.45) is 0 Å². The summed E-state index contributed by atoms with van der Waals surface area (Å²) < 4.78 is 34.3. The summed E-state index contributed by atoms with van der Waals surface area (Å²) in [4.78, 5) is 24.5. The Bertz CT molecular complexity index is 950. The summed E-state index contributed by atoms with van der Waals surface area (Å²) in [5.41, 5.74) is 1.36. The van der Waals surface area contributed by atoms with Crippen molar-refractivity contribution in [3.05, 3.63) is 65.2 Å². The van der Waals surface area contributed by atoms with Gasteiger partial charge in [0.05, 0.1) is 5.69 Å². The third kappa shape index (κ3) is 6.43. The lowest BCUT2D eigenvalue weighted by molar-refractivity contribution is -0.148. The summed E-state index contributed by atoms with van der Waals surface area (Å²) in [6.07, 6.45) is 0.0647. The Labute approximate surface area is 166 Å². The van der Waals surface area contributed by atoms with Crippen LogP contribution in [0.5, 0.6) is 5.75 Å². The highest BCUT2D eigenvalue weighted by atomic mass is 19.3. The monoisotopic (exact) mass is 400 g/mol. The Kier molecular flexibility index (Phi) is 7.43. The van der Waals surface area contributed by atoms with E-state index in [1.165, 1.54) is 37.3 Å². The minimum atomic E-state index is -3.06. The van der Waals surface area contributed by atoms with Crippen LogP contribution in [0.3, 0.4) is 0 Å². The molecule has 150 valence electrons. The van der Waals surface area contributed by atoms with E-state index in [1.54, 1.807) is 18.2 Å². The highest BCUT2D eigenvalue weighted by molar-refractivity contribution is 6.01. The molecule has 0 bridgehead atoms. The third-order valence-corrected chi connectivity index (χ3v) is 3.74. The number of anilines is 1. The number of rotatable bonds is 7. The minimum Gasteiger partial charge on any atom is -0.448 e. The number of para-hydroxylation sites is 2. The second-order valence-electron chi connectivity index (χ2n) is 5.99. The number of alkyl halides is 2. The molecule has 0 aromatic heterocycles. The predicted octanol–water partition coefficient (Wildman–Crippen LogP) is 4.07. The number of nitrogens with one attached hydrogen (secondary N) is 1. The number of hydrogen-bond donors (Lipinski definition) is 1. The summed E-state index contributed by atoms with van der Waals surface area (Å²) in [6, 6.07) is 14.5. The molecule has 0 saturated carbocycles. The molecule has 0 radical (unpaired) electrons. The average Bonchev–Trinajstić information content (AvgIpc) is 2.68. The van der Waals surface area contributed by atoms with Crippen LogP contribution in [0.1, 0.15) is 18.1 Å². The number of nitrogens with zero attached hydrogens (tertiary/aromatic N) is 1. The molecule has 0 heterocycles. The number of aryl methyl sites for hydroxylation is 1. The molecule has 0 aliphatic rings. The topological polar surface area (TPSA) is 88.4 Å². The summed E-state index contributed by atoms with van der Waals surface area (Å²) in [5.74, 6) is -1.98. The van der Waals surface area contributed by atoms with Crippen molar-refractivity contribution in [2.75, 3.05) is 5.32 Å². The molecule has 1 atom stereocenters. The highest BCUT2D eigenvalue weighted by Gasteiger charge is 2.22. The summed E-state index contributed by atoms with van der Waals surface area (Å²) in [5, 5.41) is 11.6. The van der Waals surface area contributed by atoms with Crippen LogP contribution in [0.25, 0.3) is 6.08 Å². The van der Waals surface area contributed by atoms with Gasteiger partial charge >= 0.3 is 12.6 Å². The fourth-order valence-corrected chi connectivity index (χ4v) is 2.25. The van der Waals surface area contributed by atoms with E-state index in [0.29, 0.717) is 5.56 Å². The van der Waals surface area contributed by atoms with Gasteiger partial charge in [0.15, 0.2) is 6.10 Å². The zero-order valence-corrected chi connectivity index (χ0v) is 15.7. The van der Waals surface area contributed by atoms with Crippen molar-refractivity contribution in [3.63, 3.8) is 0 Å². The van der Waals surface area contributed by atoms with Gasteiger partial charge in [-0.2, -0.15) is 14.0 Å². The number of nitriles is 1. The number of hydrogen-bond acceptors (Lipinski definition) is 5. The SMILES string of the molecule is Cc1ccc(/C=C(\C#N)C(=O)O[C@@H](C)C(=O)Nc2ccccc2OC(F)F)cc1. The van der Waals surface area contributed by atoms with E-state index < -0.39 is 24.6 Å². The quantitative estimate of drug-likeness (QED) is 0.430. The van der Waals surface area contributed by atoms with Crippen molar-refractivity contribution in [2.45, 2.75) is 26.6 Å². The number of carbonyl (C=O) groups is 2. The molecule has 1 N–H and O–H groups in total. The van der Waals surface area contributed by atoms with Crippen LogP contribution >= 0.6 is 0 Å². The maximum absolute atomic E-state index is 12.5. The Hall–Kier alpha value is -3.73. The van der Waals surface area contributed by atoms with Gasteiger partial charge in [-0.25, -0.2) is 4.79 Å². The smallest absolute Gasteiger partial charge is 0.387 e. The largest absolute Gasteiger partial charge is 0.448 e. The van der Waals surface area contributed by atoms with Gasteiger partial charge < -0.3 is 14.8 Å². The number of esters is 1. The van der Waals surface area contributed by atoms with Crippen molar-refractivity contribution in [3.8, 4) is 11.8 Å². The molecular formula is C21H18F2N2O4. The maximum Gasteiger partial charge on any atom is 0.387 e. The second-order valence-corrected chi connectivity index (χ2v) is 5.99. The van der Waals surface area contributed by atoms with E-state index in [9.17, 15) is 23.6 Å². The van der Waals surface area contributed by atoms with Crippen LogP contribution in [-0.4, -0.2) is 24.6 Å². The van der Waals surface area contributed by atoms with E-state index in [-0.39, 0.29) is 17.0 Å². The van der Waals surface area contributed by atoms with E-state index >= 15 is 0 Å². The molecule has 0 spiro atoms. The molecule has 0 fully saturated rings. The molecule has 0 saturated heterocycles. The van der Waals surface area contributed by atoms with Gasteiger partial charge in [0.1, 0.15) is 17.4 Å². The van der Waals surface area contributed by atoms with Crippen molar-refractivity contribution in [1.29, 1.82) is 5.26 Å². The molecular weight excluding hydrogens is 382 g/mol. The molecule has 1 amide bonds. The van der Waals surface area contributed by atoms with Gasteiger partial charge in [0.2, 0.25) is 0 Å². The lowest BCUT2D eigenvalue weighted by Crippen LogP contribution is -2.30. The van der Waals surface area contributed by atoms with E-state index in [1.807, 2.05) is 19.1 Å². The number of halogens is 2. The van der Waals surface area contributed by atoms with E-state index in [0.717, 1.165) is 5.56 Å². The van der Waals surface area contributed by atoms with Gasteiger partial charge in [0, 0.05) is 0 Å². The normalized spacial score (nSPS) is 12.1. The third-order valence-electron chi connectivity index (χ3n) is 3.74. The molecule has 8 heteroatoms. The van der Waals surface area contributed by atoms with Crippen molar-refractivity contribution >= 4 is 23.6 Å². The van der Waals surface area contributed by atoms with Crippen LogP contribution in [0.2, 0.25) is 0 Å². The molecule has 0 aliphatic heterocycles. The van der Waals surface area contributed by atoms with E-state index in [2.05, 4.69) is 10.1 Å². The maximum atomic E-state index is 12.5. The standard InChI is InChI=1S/C21H18F2N2O4/c1-13-7-9-15(10-8-13)11-16(12-24)20(27)28-14(2)19(26)25-17-5-3-4-6-18(17)29-21(22)23/h3-11,14,21H,1-2H3,(H,25,26)/b16-11+/t14-/m0/s1. The first-order valence-electron chi connectivity index (χ1n) is 8.54. The van der Waals surface area contributed by atoms with Gasteiger partial charge in [-0.05, 0) is 37.6 Å². The fraction of sp³-hybridized carbons (Fsp3) is 0.190. The second kappa shape index (κ2) is 9.99. The number of ether oxygens (including phenoxy) is 2. The first-order valence-corrected chi connectivity index (χ1v) is 8.54. The molecule has 2 aromatic rings. The molecule has 29 heavy (non-hydrogen) atoms. The van der Waals surface area contributed by atoms with Crippen LogP contribution in [0, 0.1) is 18.3 Å². The van der Waals surface area contributed by atoms with E-state index in [4.69, 9.17) is 4.74 Å². The first-order chi connectivity index (χ1) is 13.8. The Balaban J connectivity index is 2.06. The predicted molar refractivity (Wildman–Crippen MR) is 102 cm³/mol. The number of benzene rings is 2. The molecule has 2 aromatic carbocycles. The summed E-state index contributed by atoms with van der Waals surface area (Å²) in [6.45, 7) is 0.135. The highest BCUT2D eigenvalue weighted by Crippen LogP contribution is 2.25. The Morgan fingerprint density at radius 3 is 2.41 bits per heavy atom. The fourth-order valence-electron chi connectivity index (χ4n) is 2.25. The Morgan fingerprint density at radius 2 is 1.79 bits per heavy atom. The van der Waals surface area contributed by atoms with Gasteiger partial charge in [-0.3, -0.25) is 4.79 Å². The van der Waals surface area contributed by atoms with Crippen molar-refractivity contribution < 1.29 is 27.8 Å². The summed E-state index contributed by atoms with van der Waals surface area (Å²) in [7, 11) is 0. The molecule has 0 aliphatic carbocycles. The molecule has 6 nitrogen and oxygen atoms in total. The Morgan fingerprint density at radius 1 is 1.14 bits per heavy atom. The average molecular weight is 400 g/mol. The number of carbonyl (C=O) groups excluding carboxylic acids is 2. The first kappa shape index (κ1) is 21.6. The van der Waals surface area contributed by atoms with Gasteiger partial charge in [-0.1, -0.05) is 42.0 Å². The van der Waals surface area contributed by atoms with Gasteiger partial charge in [0.25, 0.3) is 5.91 Å². The summed E-state index contributed by atoms with van der Waals surface area (Å²) >= 11 is 0. The lowest BCUT2D eigenvalue weighted by Gasteiger charge is -2.15. The zero-order chi connectivity index (χ0) is 21.4. The van der Waals surface area contributed by atoms with Crippen LogP contribution in [-0.2, 0) is 14.3 Å². The zero-order valence-electron chi connectivity index (χ0n) is 15.7. The van der Waals surface area contributed by atoms with Gasteiger partial charge in [-0.15, -0.1) is 0 Å². The lowest BCUT2D eigenvalue weighted by atomic mass is 10.1. The molecule has 0 unspecified atom stereocenters. The van der Waals surface area contributed by atoms with Crippen molar-refractivity contribution in [1.82, 2.24) is 0 Å². The number of amides is 1. The molecule has 2 rings (SSSR count). The van der Waals surface area contributed by atoms with Crippen LogP contribution in [0.15, 0.2) is 54.1 Å².